The van der Waals surface area contributed by atoms with E-state index in [9.17, 15) is 4.79 Å². The van der Waals surface area contributed by atoms with Crippen LogP contribution in [0.2, 0.25) is 0 Å². The average Bonchev–Trinajstić information content (AvgIpc) is 2.82. The average molecular weight is 242 g/mol. The van der Waals surface area contributed by atoms with Crippen molar-refractivity contribution in [2.75, 3.05) is 6.54 Å². The lowest BCUT2D eigenvalue weighted by atomic mass is 10.1. The van der Waals surface area contributed by atoms with Gasteiger partial charge in [0.2, 0.25) is 5.76 Å². The minimum Gasteiger partial charge on any atom is -0.353 e. The molecule has 2 aromatic rings. The van der Waals surface area contributed by atoms with Gasteiger partial charge in [-0.05, 0) is 5.56 Å². The number of benzene rings is 1. The number of hydrogen-bond acceptors (Lipinski definition) is 4. The van der Waals surface area contributed by atoms with E-state index in [0.29, 0.717) is 5.76 Å². The first kappa shape index (κ1) is 11.2. The summed E-state index contributed by atoms with van der Waals surface area (Å²) < 4.78 is 5.02. The Morgan fingerprint density at radius 2 is 2.17 bits per heavy atom. The van der Waals surface area contributed by atoms with Crippen molar-refractivity contribution < 1.29 is 9.32 Å². The van der Waals surface area contributed by atoms with Gasteiger partial charge in [0.15, 0.2) is 6.29 Å². The van der Waals surface area contributed by atoms with Gasteiger partial charge in [0.1, 0.15) is 0 Å². The molecule has 0 saturated carbocycles. The zero-order valence-electron chi connectivity index (χ0n) is 10.0. The zero-order chi connectivity index (χ0) is 12.4. The second-order valence-electron chi connectivity index (χ2n) is 4.54. The van der Waals surface area contributed by atoms with E-state index < -0.39 is 0 Å². The predicted molar refractivity (Wildman–Crippen MR) is 66.2 cm³/mol. The van der Waals surface area contributed by atoms with Gasteiger partial charge >= 0.3 is 0 Å². The fourth-order valence-corrected chi connectivity index (χ4v) is 2.36. The molecule has 1 aromatic carbocycles. The Labute approximate surface area is 105 Å². The molecule has 1 aliphatic heterocycles. The molecule has 0 amide bonds. The number of carbonyl (C=O) groups is 1. The Balaban J connectivity index is 1.76. The number of aldehydes is 1. The molecule has 0 fully saturated rings. The van der Waals surface area contributed by atoms with Crippen LogP contribution in [0, 0.1) is 0 Å². The molecule has 1 aromatic heterocycles. The van der Waals surface area contributed by atoms with Crippen molar-refractivity contribution in [3.8, 4) is 0 Å². The molecule has 0 N–H and O–H groups in total. The van der Waals surface area contributed by atoms with E-state index in [4.69, 9.17) is 4.52 Å². The Morgan fingerprint density at radius 3 is 2.94 bits per heavy atom. The molecule has 0 aliphatic carbocycles. The van der Waals surface area contributed by atoms with Crippen molar-refractivity contribution in [3.63, 3.8) is 0 Å². The van der Waals surface area contributed by atoms with Gasteiger partial charge in [-0.1, -0.05) is 35.5 Å². The van der Waals surface area contributed by atoms with Gasteiger partial charge in [-0.3, -0.25) is 9.69 Å². The van der Waals surface area contributed by atoms with Crippen molar-refractivity contribution in [2.45, 2.75) is 19.5 Å². The summed E-state index contributed by atoms with van der Waals surface area (Å²) in [6.07, 6.45) is 1.59. The highest BCUT2D eigenvalue weighted by Gasteiger charge is 2.23. The molecule has 0 bridgehead atoms. The summed E-state index contributed by atoms with van der Waals surface area (Å²) >= 11 is 0. The Bertz CT molecular complexity index is 548. The minimum atomic E-state index is 0.378. The van der Waals surface area contributed by atoms with E-state index in [-0.39, 0.29) is 0 Å². The minimum absolute atomic E-state index is 0.378. The van der Waals surface area contributed by atoms with Crippen LogP contribution in [-0.4, -0.2) is 22.9 Å². The second kappa shape index (κ2) is 4.74. The Hall–Kier alpha value is -1.94. The molecule has 0 atom stereocenters. The fourth-order valence-electron chi connectivity index (χ4n) is 2.36. The summed E-state index contributed by atoms with van der Waals surface area (Å²) in [4.78, 5) is 13.2. The van der Waals surface area contributed by atoms with Gasteiger partial charge in [0.25, 0.3) is 0 Å². The van der Waals surface area contributed by atoms with Crippen LogP contribution in [-0.2, 0) is 19.5 Å². The third kappa shape index (κ3) is 2.07. The van der Waals surface area contributed by atoms with Gasteiger partial charge in [-0.15, -0.1) is 0 Å². The summed E-state index contributed by atoms with van der Waals surface area (Å²) in [6.45, 7) is 2.58. The highest BCUT2D eigenvalue weighted by molar-refractivity contribution is 5.73. The molecule has 1 aliphatic rings. The summed E-state index contributed by atoms with van der Waals surface area (Å²) in [5.41, 5.74) is 3.17. The molecular formula is C14H14N2O2. The molecule has 4 nitrogen and oxygen atoms in total. The van der Waals surface area contributed by atoms with Crippen LogP contribution in [0.4, 0.5) is 0 Å². The molecule has 0 radical (unpaired) electrons. The molecule has 18 heavy (non-hydrogen) atoms. The Morgan fingerprint density at radius 1 is 1.33 bits per heavy atom. The zero-order valence-corrected chi connectivity index (χ0v) is 10.0. The van der Waals surface area contributed by atoms with Gasteiger partial charge in [0.05, 0.1) is 5.69 Å². The van der Waals surface area contributed by atoms with Gasteiger partial charge in [0, 0.05) is 31.6 Å². The first-order valence-corrected chi connectivity index (χ1v) is 6.05. The highest BCUT2D eigenvalue weighted by atomic mass is 16.5. The van der Waals surface area contributed by atoms with E-state index in [0.717, 1.165) is 43.6 Å². The van der Waals surface area contributed by atoms with Gasteiger partial charge in [-0.25, -0.2) is 0 Å². The maximum Gasteiger partial charge on any atom is 0.203 e. The Kier molecular flexibility index (Phi) is 2.94. The summed E-state index contributed by atoms with van der Waals surface area (Å²) in [6, 6.07) is 10.3. The van der Waals surface area contributed by atoms with Crippen LogP contribution in [0.5, 0.6) is 0 Å². The highest BCUT2D eigenvalue weighted by Crippen LogP contribution is 2.22. The lowest BCUT2D eigenvalue weighted by Gasteiger charge is -2.25. The van der Waals surface area contributed by atoms with Crippen LogP contribution in [0.3, 0.4) is 0 Å². The molecule has 0 saturated heterocycles. The first-order chi connectivity index (χ1) is 8.86. The van der Waals surface area contributed by atoms with E-state index in [1.165, 1.54) is 5.56 Å². The predicted octanol–water partition coefficient (Wildman–Crippen LogP) is 2.05. The van der Waals surface area contributed by atoms with Crippen molar-refractivity contribution in [2.24, 2.45) is 0 Å². The topological polar surface area (TPSA) is 46.3 Å². The van der Waals surface area contributed by atoms with Gasteiger partial charge < -0.3 is 4.52 Å². The van der Waals surface area contributed by atoms with Crippen molar-refractivity contribution in [1.82, 2.24) is 10.1 Å². The van der Waals surface area contributed by atoms with E-state index in [1.807, 2.05) is 18.2 Å². The third-order valence-corrected chi connectivity index (χ3v) is 3.30. The van der Waals surface area contributed by atoms with E-state index in [1.54, 1.807) is 0 Å². The molecule has 4 heteroatoms. The third-order valence-electron chi connectivity index (χ3n) is 3.30. The van der Waals surface area contributed by atoms with Crippen molar-refractivity contribution in [3.05, 3.63) is 52.9 Å². The number of carbonyl (C=O) groups excluding carboxylic acids is 1. The molecule has 92 valence electrons. The lowest BCUT2D eigenvalue weighted by Crippen LogP contribution is -2.30. The van der Waals surface area contributed by atoms with Crippen LogP contribution < -0.4 is 0 Å². The van der Waals surface area contributed by atoms with E-state index in [2.05, 4.69) is 22.2 Å². The van der Waals surface area contributed by atoms with Crippen molar-refractivity contribution in [1.29, 1.82) is 0 Å². The van der Waals surface area contributed by atoms with Crippen LogP contribution in [0.25, 0.3) is 0 Å². The van der Waals surface area contributed by atoms with Crippen LogP contribution in [0.1, 0.15) is 27.4 Å². The molecular weight excluding hydrogens is 228 g/mol. The number of fused-ring (bicyclic) bond motifs is 1. The van der Waals surface area contributed by atoms with Gasteiger partial charge in [-0.2, -0.15) is 0 Å². The number of nitrogens with zero attached hydrogens (tertiary/aromatic N) is 2. The second-order valence-corrected chi connectivity index (χ2v) is 4.54. The number of aromatic nitrogens is 1. The number of rotatable bonds is 3. The van der Waals surface area contributed by atoms with Crippen LogP contribution in [0.15, 0.2) is 34.9 Å². The molecule has 0 unspecified atom stereocenters. The van der Waals surface area contributed by atoms with E-state index >= 15 is 0 Å². The quantitative estimate of drug-likeness (QED) is 0.773. The smallest absolute Gasteiger partial charge is 0.203 e. The number of hydrogen-bond donors (Lipinski definition) is 0. The lowest BCUT2D eigenvalue weighted by molar-refractivity contribution is 0.109. The SMILES string of the molecule is O=Cc1onc2c1CN(Cc1ccccc1)CC2. The standard InChI is InChI=1S/C14H14N2O2/c17-10-14-12-9-16(7-6-13(12)15-18-14)8-11-4-2-1-3-5-11/h1-5,10H,6-9H2. The molecule has 3 rings (SSSR count). The fraction of sp³-hybridized carbons (Fsp3) is 0.286. The largest absolute Gasteiger partial charge is 0.353 e. The maximum atomic E-state index is 10.9. The molecule has 2 heterocycles. The van der Waals surface area contributed by atoms with Crippen molar-refractivity contribution >= 4 is 6.29 Å². The summed E-state index contributed by atoms with van der Waals surface area (Å²) in [5, 5.41) is 3.94. The van der Waals surface area contributed by atoms with Crippen LogP contribution >= 0.6 is 0 Å². The molecule has 0 spiro atoms. The summed E-state index contributed by atoms with van der Waals surface area (Å²) in [7, 11) is 0. The summed E-state index contributed by atoms with van der Waals surface area (Å²) in [5.74, 6) is 0.378. The normalized spacial score (nSPS) is 15.3. The maximum absolute atomic E-state index is 10.9. The first-order valence-electron chi connectivity index (χ1n) is 6.05. The monoisotopic (exact) mass is 242 g/mol.